The minimum atomic E-state index is 0.880. The first-order chi connectivity index (χ1) is 10.1. The highest BCUT2D eigenvalue weighted by molar-refractivity contribution is 5.78. The second kappa shape index (κ2) is 5.78. The Morgan fingerprint density at radius 1 is 0.952 bits per heavy atom. The van der Waals surface area contributed by atoms with Crippen molar-refractivity contribution in [2.45, 2.75) is 6.92 Å². The SMILES string of the molecule is Cc1c(N)cc(N2CCN(C)CC2)cc1-c1ccccc1. The van der Waals surface area contributed by atoms with Crippen LogP contribution in [0.2, 0.25) is 0 Å². The normalized spacial score (nSPS) is 16.2. The van der Waals surface area contributed by atoms with Crippen molar-refractivity contribution in [1.82, 2.24) is 4.90 Å². The smallest absolute Gasteiger partial charge is 0.0394 e. The molecule has 110 valence electrons. The average Bonchev–Trinajstić information content (AvgIpc) is 2.51. The van der Waals surface area contributed by atoms with Crippen LogP contribution in [0.15, 0.2) is 42.5 Å². The molecule has 0 aromatic heterocycles. The van der Waals surface area contributed by atoms with Crippen LogP contribution in [0, 0.1) is 6.92 Å². The van der Waals surface area contributed by atoms with Crippen LogP contribution in [0.25, 0.3) is 11.1 Å². The van der Waals surface area contributed by atoms with E-state index in [1.54, 1.807) is 0 Å². The van der Waals surface area contributed by atoms with E-state index in [1.165, 1.54) is 22.4 Å². The fraction of sp³-hybridized carbons (Fsp3) is 0.333. The lowest BCUT2D eigenvalue weighted by molar-refractivity contribution is 0.313. The molecule has 2 aromatic carbocycles. The standard InChI is InChI=1S/C18H23N3/c1-14-17(15-6-4-3-5-7-15)12-16(13-18(14)19)21-10-8-20(2)9-11-21/h3-7,12-13H,8-11,19H2,1-2H3. The fourth-order valence-corrected chi connectivity index (χ4v) is 2.89. The summed E-state index contributed by atoms with van der Waals surface area (Å²) in [5.74, 6) is 0. The Labute approximate surface area is 127 Å². The minimum Gasteiger partial charge on any atom is -0.398 e. The zero-order valence-corrected chi connectivity index (χ0v) is 12.8. The number of hydrogen-bond donors (Lipinski definition) is 1. The largest absolute Gasteiger partial charge is 0.398 e. The van der Waals surface area contributed by atoms with Crippen LogP contribution in [0.3, 0.4) is 0 Å². The molecule has 0 amide bonds. The van der Waals surface area contributed by atoms with Crippen LogP contribution < -0.4 is 10.6 Å². The number of rotatable bonds is 2. The van der Waals surface area contributed by atoms with E-state index >= 15 is 0 Å². The van der Waals surface area contributed by atoms with Crippen molar-refractivity contribution in [1.29, 1.82) is 0 Å². The van der Waals surface area contributed by atoms with Gasteiger partial charge in [0.25, 0.3) is 0 Å². The number of anilines is 2. The summed E-state index contributed by atoms with van der Waals surface area (Å²) in [4.78, 5) is 4.80. The molecule has 1 aliphatic heterocycles. The molecule has 21 heavy (non-hydrogen) atoms. The summed E-state index contributed by atoms with van der Waals surface area (Å²) in [7, 11) is 2.18. The maximum absolute atomic E-state index is 6.26. The Hall–Kier alpha value is -2.00. The summed E-state index contributed by atoms with van der Waals surface area (Å²) >= 11 is 0. The summed E-state index contributed by atoms with van der Waals surface area (Å²) in [5.41, 5.74) is 12.0. The first kappa shape index (κ1) is 14.0. The molecule has 3 rings (SSSR count). The third kappa shape index (κ3) is 2.88. The number of likely N-dealkylation sites (N-methyl/N-ethyl adjacent to an activating group) is 1. The average molecular weight is 281 g/mol. The van der Waals surface area contributed by atoms with Crippen LogP contribution in [0.1, 0.15) is 5.56 Å². The molecule has 0 saturated carbocycles. The topological polar surface area (TPSA) is 32.5 Å². The molecule has 3 nitrogen and oxygen atoms in total. The molecule has 1 fully saturated rings. The molecule has 0 bridgehead atoms. The van der Waals surface area contributed by atoms with Crippen molar-refractivity contribution in [3.05, 3.63) is 48.0 Å². The van der Waals surface area contributed by atoms with Gasteiger partial charge in [0.2, 0.25) is 0 Å². The van der Waals surface area contributed by atoms with Gasteiger partial charge in [-0.25, -0.2) is 0 Å². The van der Waals surface area contributed by atoms with Crippen molar-refractivity contribution >= 4 is 11.4 Å². The van der Waals surface area contributed by atoms with Gasteiger partial charge in [0.1, 0.15) is 0 Å². The lowest BCUT2D eigenvalue weighted by Gasteiger charge is -2.34. The van der Waals surface area contributed by atoms with Gasteiger partial charge < -0.3 is 15.5 Å². The second-order valence-corrected chi connectivity index (χ2v) is 5.86. The van der Waals surface area contributed by atoms with E-state index in [-0.39, 0.29) is 0 Å². The molecule has 3 heteroatoms. The van der Waals surface area contributed by atoms with Crippen molar-refractivity contribution in [2.24, 2.45) is 0 Å². The quantitative estimate of drug-likeness (QED) is 0.859. The van der Waals surface area contributed by atoms with Gasteiger partial charge in [-0.15, -0.1) is 0 Å². The van der Waals surface area contributed by atoms with Gasteiger partial charge in [0, 0.05) is 37.6 Å². The lowest BCUT2D eigenvalue weighted by Crippen LogP contribution is -2.44. The Balaban J connectivity index is 1.98. The first-order valence-corrected chi connectivity index (χ1v) is 7.54. The Kier molecular flexibility index (Phi) is 3.84. The van der Waals surface area contributed by atoms with Crippen LogP contribution >= 0.6 is 0 Å². The third-order valence-electron chi connectivity index (χ3n) is 4.39. The Morgan fingerprint density at radius 3 is 2.29 bits per heavy atom. The third-order valence-corrected chi connectivity index (χ3v) is 4.39. The maximum Gasteiger partial charge on any atom is 0.0394 e. The number of nitrogens with two attached hydrogens (primary N) is 1. The molecule has 0 atom stereocenters. The van der Waals surface area contributed by atoms with Gasteiger partial charge in [0.05, 0.1) is 0 Å². The predicted octanol–water partition coefficient (Wildman–Crippen LogP) is 3.00. The number of nitrogens with zero attached hydrogens (tertiary/aromatic N) is 2. The van der Waals surface area contributed by atoms with E-state index in [9.17, 15) is 0 Å². The molecule has 0 unspecified atom stereocenters. The van der Waals surface area contributed by atoms with Gasteiger partial charge in [-0.05, 0) is 42.8 Å². The minimum absolute atomic E-state index is 0.880. The van der Waals surface area contributed by atoms with Crippen LogP contribution in [0.4, 0.5) is 11.4 Å². The highest BCUT2D eigenvalue weighted by Gasteiger charge is 2.16. The van der Waals surface area contributed by atoms with Crippen molar-refractivity contribution < 1.29 is 0 Å². The molecular weight excluding hydrogens is 258 g/mol. The number of piperazine rings is 1. The molecule has 0 radical (unpaired) electrons. The van der Waals surface area contributed by atoms with E-state index in [4.69, 9.17) is 5.73 Å². The van der Waals surface area contributed by atoms with Gasteiger partial charge in [-0.2, -0.15) is 0 Å². The summed E-state index contributed by atoms with van der Waals surface area (Å²) < 4.78 is 0. The zero-order chi connectivity index (χ0) is 14.8. The number of hydrogen-bond acceptors (Lipinski definition) is 3. The molecule has 2 N–H and O–H groups in total. The monoisotopic (exact) mass is 281 g/mol. The Bertz CT molecular complexity index is 614. The summed E-state index contributed by atoms with van der Waals surface area (Å²) in [5, 5.41) is 0. The molecule has 0 spiro atoms. The van der Waals surface area contributed by atoms with E-state index in [2.05, 4.69) is 60.2 Å². The van der Waals surface area contributed by atoms with E-state index in [0.29, 0.717) is 0 Å². The van der Waals surface area contributed by atoms with Crippen LogP contribution in [-0.2, 0) is 0 Å². The van der Waals surface area contributed by atoms with E-state index in [0.717, 1.165) is 31.9 Å². The summed E-state index contributed by atoms with van der Waals surface area (Å²) in [6.07, 6.45) is 0. The molecule has 0 aliphatic carbocycles. The van der Waals surface area contributed by atoms with Gasteiger partial charge in [-0.3, -0.25) is 0 Å². The molecule has 1 saturated heterocycles. The molecule has 1 aliphatic rings. The van der Waals surface area contributed by atoms with Gasteiger partial charge in [-0.1, -0.05) is 30.3 Å². The zero-order valence-electron chi connectivity index (χ0n) is 12.8. The molecular formula is C18H23N3. The molecule has 2 aromatic rings. The predicted molar refractivity (Wildman–Crippen MR) is 90.7 cm³/mol. The van der Waals surface area contributed by atoms with E-state index < -0.39 is 0 Å². The first-order valence-electron chi connectivity index (χ1n) is 7.54. The molecule has 1 heterocycles. The highest BCUT2D eigenvalue weighted by atomic mass is 15.2. The summed E-state index contributed by atoms with van der Waals surface area (Å²) in [6, 6.07) is 14.9. The van der Waals surface area contributed by atoms with Crippen molar-refractivity contribution in [3.63, 3.8) is 0 Å². The van der Waals surface area contributed by atoms with Crippen LogP contribution in [-0.4, -0.2) is 38.1 Å². The van der Waals surface area contributed by atoms with Crippen molar-refractivity contribution in [2.75, 3.05) is 43.9 Å². The van der Waals surface area contributed by atoms with Gasteiger partial charge in [0.15, 0.2) is 0 Å². The highest BCUT2D eigenvalue weighted by Crippen LogP contribution is 2.32. The number of benzene rings is 2. The fourth-order valence-electron chi connectivity index (χ4n) is 2.89. The Morgan fingerprint density at radius 2 is 1.62 bits per heavy atom. The number of nitrogen functional groups attached to an aromatic ring is 1. The van der Waals surface area contributed by atoms with Crippen molar-refractivity contribution in [3.8, 4) is 11.1 Å². The summed E-state index contributed by atoms with van der Waals surface area (Å²) in [6.45, 7) is 6.44. The lowest BCUT2D eigenvalue weighted by atomic mass is 9.98. The van der Waals surface area contributed by atoms with Gasteiger partial charge >= 0.3 is 0 Å². The van der Waals surface area contributed by atoms with E-state index in [1.807, 2.05) is 6.07 Å². The van der Waals surface area contributed by atoms with Crippen LogP contribution in [0.5, 0.6) is 0 Å². The second-order valence-electron chi connectivity index (χ2n) is 5.86. The maximum atomic E-state index is 6.26.